The maximum Gasteiger partial charge on any atom is 0.0705 e. The summed E-state index contributed by atoms with van der Waals surface area (Å²) in [5, 5.41) is 4.19. The van der Waals surface area contributed by atoms with E-state index in [1.165, 1.54) is 0 Å². The predicted molar refractivity (Wildman–Crippen MR) is 53.8 cm³/mol. The first-order chi connectivity index (χ1) is 6.27. The minimum Gasteiger partial charge on any atom is -0.264 e. The summed E-state index contributed by atoms with van der Waals surface area (Å²) in [5.74, 6) is 0. The van der Waals surface area contributed by atoms with Gasteiger partial charge in [-0.1, -0.05) is 0 Å². The van der Waals surface area contributed by atoms with Crippen LogP contribution in [0.4, 0.5) is 0 Å². The molecule has 0 spiro atoms. The molecule has 0 aromatic carbocycles. The van der Waals surface area contributed by atoms with Gasteiger partial charge < -0.3 is 0 Å². The van der Waals surface area contributed by atoms with Crippen LogP contribution in [0.25, 0.3) is 5.69 Å². The molecular weight excluding hydrogens is 230 g/mol. The van der Waals surface area contributed by atoms with Crippen LogP contribution in [0, 0.1) is 6.92 Å². The van der Waals surface area contributed by atoms with Crippen molar-refractivity contribution in [3.63, 3.8) is 0 Å². The molecule has 0 aliphatic rings. The molecule has 0 unspecified atom stereocenters. The Bertz CT molecular complexity index is 422. The summed E-state index contributed by atoms with van der Waals surface area (Å²) in [7, 11) is 0. The van der Waals surface area contributed by atoms with Gasteiger partial charge in [-0.2, -0.15) is 5.10 Å². The lowest BCUT2D eigenvalue weighted by atomic mass is 10.3. The average Bonchev–Trinajstić information content (AvgIpc) is 2.53. The fraction of sp³-hybridized carbons (Fsp3) is 0.111. The molecule has 2 heterocycles. The molecule has 0 amide bonds. The van der Waals surface area contributed by atoms with Crippen LogP contribution in [-0.2, 0) is 0 Å². The lowest BCUT2D eigenvalue weighted by Crippen LogP contribution is -1.97. The number of pyridine rings is 1. The van der Waals surface area contributed by atoms with Crippen molar-refractivity contribution in [2.24, 2.45) is 0 Å². The maximum atomic E-state index is 4.19. The van der Waals surface area contributed by atoms with E-state index >= 15 is 0 Å². The molecule has 0 fully saturated rings. The highest BCUT2D eigenvalue weighted by Gasteiger charge is 2.01. The van der Waals surface area contributed by atoms with Crippen LogP contribution in [0.3, 0.4) is 0 Å². The zero-order chi connectivity index (χ0) is 9.26. The van der Waals surface area contributed by atoms with Crippen LogP contribution in [0.15, 0.2) is 35.3 Å². The zero-order valence-corrected chi connectivity index (χ0v) is 8.69. The summed E-state index contributed by atoms with van der Waals surface area (Å²) < 4.78 is 2.80. The van der Waals surface area contributed by atoms with Gasteiger partial charge in [0.25, 0.3) is 0 Å². The predicted octanol–water partition coefficient (Wildman–Crippen LogP) is 2.34. The Labute approximate surface area is 84.5 Å². The van der Waals surface area contributed by atoms with Crippen molar-refractivity contribution in [1.29, 1.82) is 0 Å². The van der Waals surface area contributed by atoms with Crippen LogP contribution >= 0.6 is 15.9 Å². The molecule has 13 heavy (non-hydrogen) atoms. The van der Waals surface area contributed by atoms with E-state index in [0.29, 0.717) is 0 Å². The van der Waals surface area contributed by atoms with Crippen molar-refractivity contribution in [2.75, 3.05) is 0 Å². The Balaban J connectivity index is 2.52. The highest BCUT2D eigenvalue weighted by atomic mass is 79.9. The summed E-state index contributed by atoms with van der Waals surface area (Å²) in [5.41, 5.74) is 2.17. The van der Waals surface area contributed by atoms with Gasteiger partial charge in [0.05, 0.1) is 16.4 Å². The summed E-state index contributed by atoms with van der Waals surface area (Å²) in [6.07, 6.45) is 7.27. The number of aryl methyl sites for hydroxylation is 1. The van der Waals surface area contributed by atoms with Gasteiger partial charge in [0.15, 0.2) is 0 Å². The molecule has 66 valence electrons. The van der Waals surface area contributed by atoms with Gasteiger partial charge in [-0.25, -0.2) is 4.68 Å². The summed E-state index contributed by atoms with van der Waals surface area (Å²) >= 11 is 3.36. The first kappa shape index (κ1) is 8.44. The third-order valence-corrected chi connectivity index (χ3v) is 2.20. The second-order valence-corrected chi connectivity index (χ2v) is 3.68. The second-order valence-electron chi connectivity index (χ2n) is 2.77. The van der Waals surface area contributed by atoms with Crippen LogP contribution in [0.1, 0.15) is 5.56 Å². The van der Waals surface area contributed by atoms with E-state index in [4.69, 9.17) is 0 Å². The van der Waals surface area contributed by atoms with Crippen LogP contribution in [0.2, 0.25) is 0 Å². The number of hydrogen-bond donors (Lipinski definition) is 0. The smallest absolute Gasteiger partial charge is 0.0705 e. The first-order valence-corrected chi connectivity index (χ1v) is 4.68. The molecule has 0 atom stereocenters. The standard InChI is InChI=1S/C9H8BrN3/c1-7-4-11-3-2-9(7)13-6-8(10)5-12-13/h2-6H,1H3. The van der Waals surface area contributed by atoms with E-state index in [0.717, 1.165) is 15.7 Å². The lowest BCUT2D eigenvalue weighted by molar-refractivity contribution is 0.869. The molecule has 0 aliphatic carbocycles. The van der Waals surface area contributed by atoms with Crippen molar-refractivity contribution in [3.8, 4) is 5.69 Å². The molecule has 0 saturated heterocycles. The van der Waals surface area contributed by atoms with Crippen LogP contribution in [-0.4, -0.2) is 14.8 Å². The Morgan fingerprint density at radius 3 is 2.85 bits per heavy atom. The topological polar surface area (TPSA) is 30.7 Å². The van der Waals surface area contributed by atoms with Crippen molar-refractivity contribution >= 4 is 15.9 Å². The van der Waals surface area contributed by atoms with E-state index < -0.39 is 0 Å². The van der Waals surface area contributed by atoms with Gasteiger partial charge in [-0.3, -0.25) is 4.98 Å². The molecule has 0 bridgehead atoms. The Kier molecular flexibility index (Phi) is 2.14. The maximum absolute atomic E-state index is 4.19. The Morgan fingerprint density at radius 1 is 1.38 bits per heavy atom. The molecule has 0 aliphatic heterocycles. The number of hydrogen-bond acceptors (Lipinski definition) is 2. The molecule has 2 rings (SSSR count). The first-order valence-electron chi connectivity index (χ1n) is 3.88. The molecule has 2 aromatic rings. The van der Waals surface area contributed by atoms with Gasteiger partial charge in [0.2, 0.25) is 0 Å². The van der Waals surface area contributed by atoms with E-state index in [1.54, 1.807) is 12.4 Å². The largest absolute Gasteiger partial charge is 0.264 e. The van der Waals surface area contributed by atoms with Crippen molar-refractivity contribution in [1.82, 2.24) is 14.8 Å². The summed E-state index contributed by atoms with van der Waals surface area (Å²) in [4.78, 5) is 4.02. The number of aromatic nitrogens is 3. The average molecular weight is 238 g/mol. The SMILES string of the molecule is Cc1cnccc1-n1cc(Br)cn1. The normalized spacial score (nSPS) is 10.3. The van der Waals surface area contributed by atoms with E-state index in [-0.39, 0.29) is 0 Å². The number of rotatable bonds is 1. The van der Waals surface area contributed by atoms with Gasteiger partial charge in [-0.05, 0) is 34.5 Å². The van der Waals surface area contributed by atoms with Crippen molar-refractivity contribution in [2.45, 2.75) is 6.92 Å². The van der Waals surface area contributed by atoms with Crippen molar-refractivity contribution < 1.29 is 0 Å². The monoisotopic (exact) mass is 237 g/mol. The Hall–Kier alpha value is -1.16. The minimum absolute atomic E-state index is 0.976. The van der Waals surface area contributed by atoms with Gasteiger partial charge >= 0.3 is 0 Å². The molecule has 0 N–H and O–H groups in total. The van der Waals surface area contributed by atoms with Crippen LogP contribution < -0.4 is 0 Å². The van der Waals surface area contributed by atoms with E-state index in [2.05, 4.69) is 26.0 Å². The third kappa shape index (κ3) is 1.62. The number of halogens is 1. The van der Waals surface area contributed by atoms with Gasteiger partial charge in [0.1, 0.15) is 0 Å². The van der Waals surface area contributed by atoms with Crippen molar-refractivity contribution in [3.05, 3.63) is 40.9 Å². The fourth-order valence-corrected chi connectivity index (χ4v) is 1.44. The quantitative estimate of drug-likeness (QED) is 0.763. The summed E-state index contributed by atoms with van der Waals surface area (Å²) in [6.45, 7) is 2.01. The highest BCUT2D eigenvalue weighted by molar-refractivity contribution is 9.10. The molecule has 4 heteroatoms. The number of nitrogens with zero attached hydrogens (tertiary/aromatic N) is 3. The molecule has 0 saturated carbocycles. The Morgan fingerprint density at radius 2 is 2.23 bits per heavy atom. The van der Waals surface area contributed by atoms with Crippen LogP contribution in [0.5, 0.6) is 0 Å². The molecule has 0 radical (unpaired) electrons. The van der Waals surface area contributed by atoms with E-state index in [9.17, 15) is 0 Å². The lowest BCUT2D eigenvalue weighted by Gasteiger charge is -2.03. The highest BCUT2D eigenvalue weighted by Crippen LogP contribution is 2.14. The van der Waals surface area contributed by atoms with Gasteiger partial charge in [-0.15, -0.1) is 0 Å². The molecular formula is C9H8BrN3. The second kappa shape index (κ2) is 3.30. The fourth-order valence-electron chi connectivity index (χ4n) is 1.16. The summed E-state index contributed by atoms with van der Waals surface area (Å²) in [6, 6.07) is 1.94. The third-order valence-electron chi connectivity index (χ3n) is 1.79. The van der Waals surface area contributed by atoms with Gasteiger partial charge in [0, 0.05) is 18.6 Å². The molecule has 3 nitrogen and oxygen atoms in total. The van der Waals surface area contributed by atoms with E-state index in [1.807, 2.05) is 30.1 Å². The molecule has 2 aromatic heterocycles. The minimum atomic E-state index is 0.976. The zero-order valence-electron chi connectivity index (χ0n) is 7.11.